The molecule has 0 fully saturated rings. The minimum absolute atomic E-state index is 0.103. The van der Waals surface area contributed by atoms with Gasteiger partial charge in [0.1, 0.15) is 17.4 Å². The van der Waals surface area contributed by atoms with Crippen LogP contribution in [0.25, 0.3) is 0 Å². The van der Waals surface area contributed by atoms with E-state index in [2.05, 4.69) is 15.9 Å². The van der Waals surface area contributed by atoms with Crippen LogP contribution >= 0.6 is 27.3 Å². The third-order valence-electron chi connectivity index (χ3n) is 2.59. The summed E-state index contributed by atoms with van der Waals surface area (Å²) in [6, 6.07) is 5.77. The SMILES string of the molecule is COc1csc(C(Br)Cc2c(F)cccc2F)c1. The molecule has 2 aromatic rings. The zero-order valence-electron chi connectivity index (χ0n) is 9.62. The molecule has 5 heteroatoms. The Morgan fingerprint density at radius 1 is 1.33 bits per heavy atom. The maximum absolute atomic E-state index is 13.5. The molecule has 2 rings (SSSR count). The van der Waals surface area contributed by atoms with E-state index in [9.17, 15) is 8.78 Å². The fourth-order valence-electron chi connectivity index (χ4n) is 1.61. The monoisotopic (exact) mass is 332 g/mol. The first-order chi connectivity index (χ1) is 8.61. The minimum atomic E-state index is -0.511. The second-order valence-electron chi connectivity index (χ2n) is 3.76. The Bertz CT molecular complexity index is 521. The quantitative estimate of drug-likeness (QED) is 0.736. The lowest BCUT2D eigenvalue weighted by molar-refractivity contribution is 0.416. The second kappa shape index (κ2) is 5.80. The molecule has 0 aliphatic carbocycles. The van der Waals surface area contributed by atoms with E-state index in [0.29, 0.717) is 0 Å². The van der Waals surface area contributed by atoms with Crippen LogP contribution in [0, 0.1) is 11.6 Å². The van der Waals surface area contributed by atoms with E-state index in [1.165, 1.54) is 29.5 Å². The first-order valence-corrected chi connectivity index (χ1v) is 7.10. The maximum atomic E-state index is 13.5. The largest absolute Gasteiger partial charge is 0.496 e. The van der Waals surface area contributed by atoms with Crippen LogP contribution in [0.2, 0.25) is 0 Å². The van der Waals surface area contributed by atoms with Crippen molar-refractivity contribution >= 4 is 27.3 Å². The van der Waals surface area contributed by atoms with Crippen LogP contribution in [0.3, 0.4) is 0 Å². The van der Waals surface area contributed by atoms with Gasteiger partial charge >= 0.3 is 0 Å². The highest BCUT2D eigenvalue weighted by atomic mass is 79.9. The van der Waals surface area contributed by atoms with Crippen molar-refractivity contribution in [3.8, 4) is 5.75 Å². The Kier molecular flexibility index (Phi) is 4.35. The van der Waals surface area contributed by atoms with Gasteiger partial charge in [-0.25, -0.2) is 8.78 Å². The summed E-state index contributed by atoms with van der Waals surface area (Å²) in [6.45, 7) is 0. The van der Waals surface area contributed by atoms with E-state index in [-0.39, 0.29) is 16.8 Å². The Morgan fingerprint density at radius 2 is 2.00 bits per heavy atom. The molecule has 18 heavy (non-hydrogen) atoms. The maximum Gasteiger partial charge on any atom is 0.129 e. The third kappa shape index (κ3) is 2.90. The van der Waals surface area contributed by atoms with Gasteiger partial charge < -0.3 is 4.74 Å². The summed E-state index contributed by atoms with van der Waals surface area (Å²) in [5.41, 5.74) is 0.103. The van der Waals surface area contributed by atoms with Gasteiger partial charge in [0.05, 0.1) is 11.9 Å². The summed E-state index contributed by atoms with van der Waals surface area (Å²) < 4.78 is 32.1. The first kappa shape index (κ1) is 13.5. The van der Waals surface area contributed by atoms with Gasteiger partial charge in [0.15, 0.2) is 0 Å². The molecule has 1 nitrogen and oxygen atoms in total. The zero-order valence-corrected chi connectivity index (χ0v) is 12.0. The van der Waals surface area contributed by atoms with E-state index >= 15 is 0 Å². The molecule has 1 atom stereocenters. The molecule has 0 N–H and O–H groups in total. The summed E-state index contributed by atoms with van der Waals surface area (Å²) in [6.07, 6.45) is 0.266. The Balaban J connectivity index is 2.18. The fourth-order valence-corrected chi connectivity index (χ4v) is 3.22. The molecule has 1 aromatic carbocycles. The van der Waals surface area contributed by atoms with Gasteiger partial charge in [0, 0.05) is 15.8 Å². The molecule has 1 heterocycles. The number of hydrogen-bond donors (Lipinski definition) is 0. The third-order valence-corrected chi connectivity index (χ3v) is 4.73. The van der Waals surface area contributed by atoms with Gasteiger partial charge in [-0.05, 0) is 24.6 Å². The minimum Gasteiger partial charge on any atom is -0.496 e. The number of ether oxygens (including phenoxy) is 1. The van der Waals surface area contributed by atoms with E-state index in [4.69, 9.17) is 4.74 Å². The molecule has 0 spiro atoms. The Labute approximate surface area is 117 Å². The van der Waals surface area contributed by atoms with Crippen molar-refractivity contribution in [2.45, 2.75) is 11.2 Å². The summed E-state index contributed by atoms with van der Waals surface area (Å²) in [4.78, 5) is 0.854. The van der Waals surface area contributed by atoms with Crippen LogP contribution in [-0.2, 0) is 6.42 Å². The highest BCUT2D eigenvalue weighted by molar-refractivity contribution is 9.09. The van der Waals surface area contributed by atoms with Crippen LogP contribution in [-0.4, -0.2) is 7.11 Å². The number of rotatable bonds is 4. The topological polar surface area (TPSA) is 9.23 Å². The van der Waals surface area contributed by atoms with E-state index in [1.54, 1.807) is 7.11 Å². The van der Waals surface area contributed by atoms with Crippen molar-refractivity contribution in [1.82, 2.24) is 0 Å². The van der Waals surface area contributed by atoms with Crippen molar-refractivity contribution in [2.75, 3.05) is 7.11 Å². The summed E-state index contributed by atoms with van der Waals surface area (Å²) in [7, 11) is 1.59. The summed E-state index contributed by atoms with van der Waals surface area (Å²) >= 11 is 4.95. The van der Waals surface area contributed by atoms with Gasteiger partial charge in [0.25, 0.3) is 0 Å². The molecular weight excluding hydrogens is 322 g/mol. The fraction of sp³-hybridized carbons (Fsp3) is 0.231. The Morgan fingerprint density at radius 3 is 2.56 bits per heavy atom. The van der Waals surface area contributed by atoms with Crippen LogP contribution in [0.15, 0.2) is 29.6 Å². The lowest BCUT2D eigenvalue weighted by atomic mass is 10.1. The van der Waals surface area contributed by atoms with Crippen molar-refractivity contribution in [3.05, 3.63) is 51.7 Å². The van der Waals surface area contributed by atoms with Crippen LogP contribution < -0.4 is 4.74 Å². The van der Waals surface area contributed by atoms with Crippen LogP contribution in [0.1, 0.15) is 15.3 Å². The molecule has 0 radical (unpaired) electrons. The lowest BCUT2D eigenvalue weighted by Crippen LogP contribution is -2.00. The standard InChI is InChI=1S/C13H11BrF2OS/c1-17-8-5-13(18-7-8)10(14)6-9-11(15)3-2-4-12(9)16/h2-5,7,10H,6H2,1H3. The molecule has 96 valence electrons. The summed E-state index contributed by atoms with van der Waals surface area (Å²) in [5, 5.41) is 1.86. The molecule has 0 saturated heterocycles. The number of alkyl halides is 1. The van der Waals surface area contributed by atoms with Crippen LogP contribution in [0.5, 0.6) is 5.75 Å². The first-order valence-electron chi connectivity index (χ1n) is 5.31. The smallest absolute Gasteiger partial charge is 0.129 e. The van der Waals surface area contributed by atoms with Gasteiger partial charge in [0.2, 0.25) is 0 Å². The van der Waals surface area contributed by atoms with E-state index in [0.717, 1.165) is 10.6 Å². The van der Waals surface area contributed by atoms with Gasteiger partial charge in [-0.2, -0.15) is 0 Å². The predicted octanol–water partition coefficient (Wildman–Crippen LogP) is 4.71. The predicted molar refractivity (Wildman–Crippen MR) is 72.6 cm³/mol. The number of hydrogen-bond acceptors (Lipinski definition) is 2. The summed E-state index contributed by atoms with van der Waals surface area (Å²) in [5.74, 6) is -0.264. The van der Waals surface area contributed by atoms with Crippen molar-refractivity contribution < 1.29 is 13.5 Å². The van der Waals surface area contributed by atoms with Gasteiger partial charge in [-0.3, -0.25) is 0 Å². The Hall–Kier alpha value is -0.940. The van der Waals surface area contributed by atoms with E-state index in [1.807, 2.05) is 11.4 Å². The normalized spacial score (nSPS) is 12.4. The average molecular weight is 333 g/mol. The van der Waals surface area contributed by atoms with Gasteiger partial charge in [-0.1, -0.05) is 22.0 Å². The molecule has 1 unspecified atom stereocenters. The van der Waals surface area contributed by atoms with Crippen molar-refractivity contribution in [3.63, 3.8) is 0 Å². The van der Waals surface area contributed by atoms with Crippen molar-refractivity contribution in [1.29, 1.82) is 0 Å². The number of methoxy groups -OCH3 is 1. The zero-order chi connectivity index (χ0) is 13.1. The van der Waals surface area contributed by atoms with Gasteiger partial charge in [-0.15, -0.1) is 11.3 Å². The van der Waals surface area contributed by atoms with Crippen molar-refractivity contribution in [2.24, 2.45) is 0 Å². The molecule has 0 saturated carbocycles. The number of halogens is 3. The van der Waals surface area contributed by atoms with E-state index < -0.39 is 11.6 Å². The number of thiophene rings is 1. The molecule has 0 aliphatic rings. The average Bonchev–Trinajstić information content (AvgIpc) is 2.82. The second-order valence-corrected chi connectivity index (χ2v) is 5.81. The highest BCUT2D eigenvalue weighted by Crippen LogP contribution is 2.35. The molecule has 0 aliphatic heterocycles. The van der Waals surface area contributed by atoms with Crippen LogP contribution in [0.4, 0.5) is 8.78 Å². The molecule has 0 amide bonds. The molecule has 1 aromatic heterocycles. The molecule has 0 bridgehead atoms. The highest BCUT2D eigenvalue weighted by Gasteiger charge is 2.16. The lowest BCUT2D eigenvalue weighted by Gasteiger charge is -2.09. The number of benzene rings is 1. The molecular formula is C13H11BrF2OS.